The number of nitrogens with zero attached hydrogens (tertiary/aromatic N) is 2. The van der Waals surface area contributed by atoms with E-state index in [1.54, 1.807) is 6.20 Å². The summed E-state index contributed by atoms with van der Waals surface area (Å²) >= 11 is 0. The molecule has 0 aliphatic carbocycles. The molecular formula is C22H20N2O3. The molecule has 5 nitrogen and oxygen atoms in total. The maximum absolute atomic E-state index is 12.3. The van der Waals surface area contributed by atoms with Crippen molar-refractivity contribution in [1.29, 1.82) is 0 Å². The summed E-state index contributed by atoms with van der Waals surface area (Å²) < 4.78 is 5.07. The molecule has 5 heteroatoms. The molecule has 0 radical (unpaired) electrons. The fraction of sp³-hybridized carbons (Fsp3) is 0.182. The summed E-state index contributed by atoms with van der Waals surface area (Å²) in [5.74, 6) is -0.817. The smallest absolute Gasteiger partial charge is 0.331 e. The van der Waals surface area contributed by atoms with E-state index in [4.69, 9.17) is 4.74 Å². The lowest BCUT2D eigenvalue weighted by atomic mass is 9.98. The summed E-state index contributed by atoms with van der Waals surface area (Å²) in [6.07, 6.45) is 4.35. The van der Waals surface area contributed by atoms with Gasteiger partial charge in [-0.2, -0.15) is 0 Å². The second-order valence-electron chi connectivity index (χ2n) is 6.40. The van der Waals surface area contributed by atoms with Gasteiger partial charge in [0.1, 0.15) is 0 Å². The average Bonchev–Trinajstić information content (AvgIpc) is 2.67. The fourth-order valence-electron chi connectivity index (χ4n) is 2.73. The van der Waals surface area contributed by atoms with Crippen LogP contribution < -0.4 is 0 Å². The van der Waals surface area contributed by atoms with E-state index >= 15 is 0 Å². The molecule has 0 aliphatic heterocycles. The zero-order valence-electron chi connectivity index (χ0n) is 15.5. The van der Waals surface area contributed by atoms with Gasteiger partial charge in [-0.25, -0.2) is 9.78 Å². The molecule has 0 saturated heterocycles. The van der Waals surface area contributed by atoms with Crippen LogP contribution in [-0.4, -0.2) is 28.3 Å². The standard InChI is InChI=1S/C22H20N2O3/c1-14-10-16(3)18(11-15(14)2)21(25)13-27-22(26)9-8-17-12-23-19-6-4-5-7-20(19)24-17/h4-12H,13H2,1-3H3. The molecule has 1 aromatic heterocycles. The third-order valence-corrected chi connectivity index (χ3v) is 4.34. The van der Waals surface area contributed by atoms with Crippen molar-refractivity contribution in [2.24, 2.45) is 0 Å². The van der Waals surface area contributed by atoms with Gasteiger partial charge in [0, 0.05) is 11.6 Å². The summed E-state index contributed by atoms with van der Waals surface area (Å²) in [7, 11) is 0. The Morgan fingerprint density at radius 2 is 1.70 bits per heavy atom. The van der Waals surface area contributed by atoms with Crippen molar-refractivity contribution in [2.75, 3.05) is 6.61 Å². The van der Waals surface area contributed by atoms with Crippen molar-refractivity contribution >= 4 is 28.9 Å². The van der Waals surface area contributed by atoms with E-state index in [9.17, 15) is 9.59 Å². The minimum absolute atomic E-state index is 0.220. The van der Waals surface area contributed by atoms with Crippen LogP contribution in [0.3, 0.4) is 0 Å². The molecule has 136 valence electrons. The number of benzene rings is 2. The molecule has 0 N–H and O–H groups in total. The van der Waals surface area contributed by atoms with E-state index in [1.165, 1.54) is 12.2 Å². The van der Waals surface area contributed by atoms with Gasteiger partial charge < -0.3 is 4.74 Å². The highest BCUT2D eigenvalue weighted by atomic mass is 16.5. The second-order valence-corrected chi connectivity index (χ2v) is 6.40. The highest BCUT2D eigenvalue weighted by molar-refractivity contribution is 6.00. The van der Waals surface area contributed by atoms with E-state index < -0.39 is 5.97 Å². The van der Waals surface area contributed by atoms with Gasteiger partial charge in [0.2, 0.25) is 5.78 Å². The van der Waals surface area contributed by atoms with Gasteiger partial charge in [0.25, 0.3) is 0 Å². The number of Topliss-reactive ketones (excluding diaryl/α,β-unsaturated/α-hetero) is 1. The Bertz CT molecular complexity index is 1050. The normalized spacial score (nSPS) is 11.1. The third kappa shape index (κ3) is 4.44. The van der Waals surface area contributed by atoms with Gasteiger partial charge >= 0.3 is 5.97 Å². The van der Waals surface area contributed by atoms with Gasteiger partial charge in [-0.1, -0.05) is 18.2 Å². The Balaban J connectivity index is 1.62. The molecule has 0 unspecified atom stereocenters. The number of aryl methyl sites for hydroxylation is 3. The lowest BCUT2D eigenvalue weighted by Gasteiger charge is -2.09. The molecular weight excluding hydrogens is 340 g/mol. The predicted molar refractivity (Wildman–Crippen MR) is 105 cm³/mol. The Morgan fingerprint density at radius 3 is 2.48 bits per heavy atom. The van der Waals surface area contributed by atoms with Crippen molar-refractivity contribution in [3.63, 3.8) is 0 Å². The second kappa shape index (κ2) is 7.91. The molecule has 27 heavy (non-hydrogen) atoms. The number of ether oxygens (including phenoxy) is 1. The predicted octanol–water partition coefficient (Wildman–Crippen LogP) is 3.99. The monoisotopic (exact) mass is 360 g/mol. The van der Waals surface area contributed by atoms with Crippen LogP contribution in [0.15, 0.2) is 48.7 Å². The molecule has 0 spiro atoms. The van der Waals surface area contributed by atoms with Gasteiger partial charge in [0.15, 0.2) is 6.61 Å². The topological polar surface area (TPSA) is 69.2 Å². The molecule has 0 amide bonds. The lowest BCUT2D eigenvalue weighted by Crippen LogP contribution is -2.14. The quantitative estimate of drug-likeness (QED) is 0.391. The number of carbonyl (C=O) groups excluding carboxylic acids is 2. The number of fused-ring (bicyclic) bond motifs is 1. The number of hydrogen-bond donors (Lipinski definition) is 0. The average molecular weight is 360 g/mol. The van der Waals surface area contributed by atoms with Gasteiger partial charge in [-0.15, -0.1) is 0 Å². The maximum Gasteiger partial charge on any atom is 0.331 e. The number of para-hydroxylation sites is 2. The first kappa shape index (κ1) is 18.5. The fourth-order valence-corrected chi connectivity index (χ4v) is 2.73. The summed E-state index contributed by atoms with van der Waals surface area (Å²) in [4.78, 5) is 32.9. The summed E-state index contributed by atoms with van der Waals surface area (Å²) in [6.45, 7) is 5.53. The number of aromatic nitrogens is 2. The van der Waals surface area contributed by atoms with Crippen molar-refractivity contribution in [3.05, 3.63) is 76.6 Å². The summed E-state index contributed by atoms with van der Waals surface area (Å²) in [5, 5.41) is 0. The van der Waals surface area contributed by atoms with Crippen LogP contribution in [0.4, 0.5) is 0 Å². The van der Waals surface area contributed by atoms with Gasteiger partial charge in [-0.3, -0.25) is 9.78 Å². The number of hydrogen-bond acceptors (Lipinski definition) is 5. The number of esters is 1. The zero-order chi connectivity index (χ0) is 19.4. The van der Waals surface area contributed by atoms with Crippen LogP contribution in [-0.2, 0) is 9.53 Å². The van der Waals surface area contributed by atoms with Crippen LogP contribution in [0.2, 0.25) is 0 Å². The van der Waals surface area contributed by atoms with E-state index in [-0.39, 0.29) is 12.4 Å². The van der Waals surface area contributed by atoms with Crippen LogP contribution in [0, 0.1) is 20.8 Å². The SMILES string of the molecule is Cc1cc(C)c(C(=O)COC(=O)C=Cc2cnc3ccccc3n2)cc1C. The van der Waals surface area contributed by atoms with Crippen LogP contribution in [0.5, 0.6) is 0 Å². The first-order chi connectivity index (χ1) is 12.9. The molecule has 0 aliphatic rings. The highest BCUT2D eigenvalue weighted by Gasteiger charge is 2.12. The van der Waals surface area contributed by atoms with E-state index in [0.29, 0.717) is 11.3 Å². The molecule has 2 aromatic carbocycles. The molecule has 0 fully saturated rings. The first-order valence-electron chi connectivity index (χ1n) is 8.62. The van der Waals surface area contributed by atoms with E-state index in [1.807, 2.05) is 57.2 Å². The van der Waals surface area contributed by atoms with Crippen molar-refractivity contribution in [2.45, 2.75) is 20.8 Å². The van der Waals surface area contributed by atoms with E-state index in [0.717, 1.165) is 27.7 Å². The number of rotatable bonds is 5. The summed E-state index contributed by atoms with van der Waals surface area (Å²) in [5.41, 5.74) is 5.68. The number of ketones is 1. The van der Waals surface area contributed by atoms with Crippen LogP contribution in [0.1, 0.15) is 32.7 Å². The van der Waals surface area contributed by atoms with Gasteiger partial charge in [0.05, 0.1) is 22.9 Å². The molecule has 3 rings (SSSR count). The molecule has 0 saturated carbocycles. The van der Waals surface area contributed by atoms with E-state index in [2.05, 4.69) is 9.97 Å². The van der Waals surface area contributed by atoms with Crippen molar-refractivity contribution in [3.8, 4) is 0 Å². The Labute approximate surface area is 157 Å². The zero-order valence-corrected chi connectivity index (χ0v) is 15.5. The minimum atomic E-state index is -0.597. The third-order valence-electron chi connectivity index (χ3n) is 4.34. The van der Waals surface area contributed by atoms with Gasteiger partial charge in [-0.05, 0) is 61.7 Å². The molecule has 0 bridgehead atoms. The molecule has 3 aromatic rings. The van der Waals surface area contributed by atoms with Crippen LogP contribution in [0.25, 0.3) is 17.1 Å². The first-order valence-corrected chi connectivity index (χ1v) is 8.62. The lowest BCUT2D eigenvalue weighted by molar-refractivity contribution is -0.136. The summed E-state index contributed by atoms with van der Waals surface area (Å²) in [6, 6.07) is 11.3. The molecule has 0 atom stereocenters. The number of carbonyl (C=O) groups is 2. The Hall–Kier alpha value is -3.34. The van der Waals surface area contributed by atoms with Crippen LogP contribution >= 0.6 is 0 Å². The Morgan fingerprint density at radius 1 is 1.00 bits per heavy atom. The maximum atomic E-state index is 12.3. The highest BCUT2D eigenvalue weighted by Crippen LogP contribution is 2.16. The Kier molecular flexibility index (Phi) is 5.41. The minimum Gasteiger partial charge on any atom is -0.454 e. The molecule has 1 heterocycles. The van der Waals surface area contributed by atoms with Crippen molar-refractivity contribution < 1.29 is 14.3 Å². The largest absolute Gasteiger partial charge is 0.454 e. The van der Waals surface area contributed by atoms with Crippen molar-refractivity contribution in [1.82, 2.24) is 9.97 Å².